The second kappa shape index (κ2) is 4.67. The highest BCUT2D eigenvalue weighted by Crippen LogP contribution is 2.14. The number of rotatable bonds is 2. The molecule has 15 heavy (non-hydrogen) atoms. The van der Waals surface area contributed by atoms with Crippen LogP contribution in [-0.4, -0.2) is 46.6 Å². The second-order valence-corrected chi connectivity index (χ2v) is 4.46. The van der Waals surface area contributed by atoms with E-state index in [0.717, 1.165) is 37.5 Å². The van der Waals surface area contributed by atoms with Gasteiger partial charge in [0.2, 0.25) is 0 Å². The van der Waals surface area contributed by atoms with Crippen molar-refractivity contribution in [3.63, 3.8) is 0 Å². The third-order valence-electron chi connectivity index (χ3n) is 2.75. The Bertz CT molecular complexity index is 321. The number of nitrogens with one attached hydrogen (secondary N) is 1. The van der Waals surface area contributed by atoms with Crippen molar-refractivity contribution in [3.05, 3.63) is 11.1 Å². The molecule has 0 spiro atoms. The summed E-state index contributed by atoms with van der Waals surface area (Å²) in [6.07, 6.45) is 3.58. The largest absolute Gasteiger partial charge is 0.338 e. The predicted octanol–water partition coefficient (Wildman–Crippen LogP) is 0.362. The highest BCUT2D eigenvalue weighted by Gasteiger charge is 2.23. The molecule has 2 rings (SSSR count). The number of aromatic nitrogens is 2. The molecular weight excluding hydrogens is 212 g/mol. The summed E-state index contributed by atoms with van der Waals surface area (Å²) in [5.74, 6) is 0.0388. The van der Waals surface area contributed by atoms with Crippen molar-refractivity contribution >= 4 is 17.4 Å². The molecule has 1 aromatic rings. The van der Waals surface area contributed by atoms with Gasteiger partial charge in [0.05, 0.1) is 6.20 Å². The van der Waals surface area contributed by atoms with Crippen LogP contribution in [0.4, 0.5) is 0 Å². The second-order valence-electron chi connectivity index (χ2n) is 3.68. The molecular formula is C9H14N4OS. The van der Waals surface area contributed by atoms with Crippen LogP contribution in [0.25, 0.3) is 0 Å². The van der Waals surface area contributed by atoms with Crippen LogP contribution in [0.3, 0.4) is 0 Å². The van der Waals surface area contributed by atoms with Gasteiger partial charge in [-0.15, -0.1) is 5.10 Å². The molecule has 5 nitrogen and oxygen atoms in total. The lowest BCUT2D eigenvalue weighted by Crippen LogP contribution is -2.43. The van der Waals surface area contributed by atoms with E-state index in [4.69, 9.17) is 0 Å². The first kappa shape index (κ1) is 10.5. The van der Waals surface area contributed by atoms with Crippen LogP contribution in [0.15, 0.2) is 6.20 Å². The number of amides is 1. The Balaban J connectivity index is 2.00. The predicted molar refractivity (Wildman–Crippen MR) is 57.9 cm³/mol. The van der Waals surface area contributed by atoms with Gasteiger partial charge in [-0.25, -0.2) is 0 Å². The molecule has 1 fully saturated rings. The van der Waals surface area contributed by atoms with E-state index in [1.54, 1.807) is 0 Å². The van der Waals surface area contributed by atoms with Crippen LogP contribution < -0.4 is 5.32 Å². The number of carbonyl (C=O) groups is 1. The molecule has 1 N–H and O–H groups in total. The first-order valence-electron chi connectivity index (χ1n) is 5.04. The van der Waals surface area contributed by atoms with Gasteiger partial charge in [-0.1, -0.05) is 4.49 Å². The number of nitrogens with zero attached hydrogens (tertiary/aromatic N) is 3. The van der Waals surface area contributed by atoms with E-state index >= 15 is 0 Å². The highest BCUT2D eigenvalue weighted by molar-refractivity contribution is 7.07. The summed E-state index contributed by atoms with van der Waals surface area (Å²) in [4.78, 5) is 14.4. The Morgan fingerprint density at radius 3 is 2.93 bits per heavy atom. The van der Waals surface area contributed by atoms with Gasteiger partial charge in [0.25, 0.3) is 5.91 Å². The van der Waals surface area contributed by atoms with Crippen LogP contribution in [-0.2, 0) is 0 Å². The molecule has 1 aliphatic rings. The zero-order valence-electron chi connectivity index (χ0n) is 8.64. The molecule has 0 saturated carbocycles. The molecule has 1 amide bonds. The molecule has 82 valence electrons. The molecule has 1 aromatic heterocycles. The van der Waals surface area contributed by atoms with Crippen LogP contribution in [0.1, 0.15) is 22.5 Å². The van der Waals surface area contributed by atoms with Crippen LogP contribution in [0.2, 0.25) is 0 Å². The Morgan fingerprint density at radius 1 is 1.60 bits per heavy atom. The molecule has 0 aliphatic carbocycles. The lowest BCUT2D eigenvalue weighted by atomic mass is 10.1. The van der Waals surface area contributed by atoms with Crippen molar-refractivity contribution in [3.8, 4) is 0 Å². The van der Waals surface area contributed by atoms with Crippen LogP contribution in [0, 0.1) is 0 Å². The SMILES string of the molecule is CN(C(=O)c1cnns1)C1CCNCC1. The first-order valence-corrected chi connectivity index (χ1v) is 5.81. The van der Waals surface area contributed by atoms with E-state index in [1.807, 2.05) is 11.9 Å². The zero-order chi connectivity index (χ0) is 10.7. The summed E-state index contributed by atoms with van der Waals surface area (Å²) < 4.78 is 3.70. The Hall–Kier alpha value is -1.01. The number of hydrogen-bond acceptors (Lipinski definition) is 5. The molecule has 0 unspecified atom stereocenters. The number of carbonyl (C=O) groups excluding carboxylic acids is 1. The normalized spacial score (nSPS) is 17.7. The Kier molecular flexibility index (Phi) is 3.27. The Labute approximate surface area is 92.6 Å². The van der Waals surface area contributed by atoms with Gasteiger partial charge in [-0.05, 0) is 37.5 Å². The van der Waals surface area contributed by atoms with E-state index in [2.05, 4.69) is 14.9 Å². The molecule has 1 saturated heterocycles. The zero-order valence-corrected chi connectivity index (χ0v) is 9.46. The fourth-order valence-corrected chi connectivity index (χ4v) is 2.29. The fraction of sp³-hybridized carbons (Fsp3) is 0.667. The van der Waals surface area contributed by atoms with Crippen LogP contribution >= 0.6 is 11.5 Å². The van der Waals surface area contributed by atoms with Crippen LogP contribution in [0.5, 0.6) is 0 Å². The summed E-state index contributed by atoms with van der Waals surface area (Å²) >= 11 is 1.16. The third kappa shape index (κ3) is 2.32. The number of hydrogen-bond donors (Lipinski definition) is 1. The summed E-state index contributed by atoms with van der Waals surface area (Å²) in [7, 11) is 1.86. The summed E-state index contributed by atoms with van der Waals surface area (Å²) in [5.41, 5.74) is 0. The lowest BCUT2D eigenvalue weighted by molar-refractivity contribution is 0.0708. The molecule has 0 aromatic carbocycles. The molecule has 2 heterocycles. The maximum atomic E-state index is 11.9. The Morgan fingerprint density at radius 2 is 2.33 bits per heavy atom. The summed E-state index contributed by atoms with van der Waals surface area (Å²) in [6, 6.07) is 0.348. The smallest absolute Gasteiger partial charge is 0.267 e. The van der Waals surface area contributed by atoms with Crippen molar-refractivity contribution in [1.29, 1.82) is 0 Å². The quantitative estimate of drug-likeness (QED) is 0.791. The molecule has 0 radical (unpaired) electrons. The topological polar surface area (TPSA) is 58.1 Å². The van der Waals surface area contributed by atoms with Crippen molar-refractivity contribution in [1.82, 2.24) is 19.8 Å². The van der Waals surface area contributed by atoms with E-state index in [9.17, 15) is 4.79 Å². The van der Waals surface area contributed by atoms with Gasteiger partial charge < -0.3 is 10.2 Å². The van der Waals surface area contributed by atoms with Crippen molar-refractivity contribution in [2.75, 3.05) is 20.1 Å². The standard InChI is InChI=1S/C9H14N4OS/c1-13(7-2-4-10-5-3-7)9(14)8-6-11-12-15-8/h6-7,10H,2-5H2,1H3. The van der Waals surface area contributed by atoms with Crippen molar-refractivity contribution in [2.24, 2.45) is 0 Å². The first-order chi connectivity index (χ1) is 7.29. The molecule has 0 bridgehead atoms. The summed E-state index contributed by atoms with van der Waals surface area (Å²) in [6.45, 7) is 1.98. The van der Waals surface area contributed by atoms with E-state index in [-0.39, 0.29) is 5.91 Å². The van der Waals surface area contributed by atoms with Crippen molar-refractivity contribution < 1.29 is 4.79 Å². The minimum absolute atomic E-state index is 0.0388. The molecule has 1 aliphatic heterocycles. The molecule has 6 heteroatoms. The number of piperidine rings is 1. The van der Waals surface area contributed by atoms with Gasteiger partial charge in [-0.3, -0.25) is 4.79 Å². The minimum atomic E-state index is 0.0388. The lowest BCUT2D eigenvalue weighted by Gasteiger charge is -2.31. The van der Waals surface area contributed by atoms with E-state index < -0.39 is 0 Å². The van der Waals surface area contributed by atoms with Gasteiger partial charge in [0.1, 0.15) is 4.88 Å². The monoisotopic (exact) mass is 226 g/mol. The third-order valence-corrected chi connectivity index (χ3v) is 3.40. The van der Waals surface area contributed by atoms with E-state index in [0.29, 0.717) is 10.9 Å². The van der Waals surface area contributed by atoms with Gasteiger partial charge in [-0.2, -0.15) is 0 Å². The fourth-order valence-electron chi connectivity index (χ4n) is 1.80. The van der Waals surface area contributed by atoms with Gasteiger partial charge in [0, 0.05) is 13.1 Å². The average Bonchev–Trinajstić information content (AvgIpc) is 2.82. The maximum Gasteiger partial charge on any atom is 0.267 e. The van der Waals surface area contributed by atoms with Gasteiger partial charge >= 0.3 is 0 Å². The molecule has 0 atom stereocenters. The van der Waals surface area contributed by atoms with Crippen molar-refractivity contribution in [2.45, 2.75) is 18.9 Å². The van der Waals surface area contributed by atoms with Gasteiger partial charge in [0.15, 0.2) is 0 Å². The maximum absolute atomic E-state index is 11.9. The van der Waals surface area contributed by atoms with E-state index in [1.165, 1.54) is 6.20 Å². The average molecular weight is 226 g/mol. The highest BCUT2D eigenvalue weighted by atomic mass is 32.1. The summed E-state index contributed by atoms with van der Waals surface area (Å²) in [5, 5.41) is 6.96. The minimum Gasteiger partial charge on any atom is -0.338 e.